The average molecular weight is 511 g/mol. The van der Waals surface area contributed by atoms with Gasteiger partial charge in [0.2, 0.25) is 0 Å². The average Bonchev–Trinajstić information content (AvgIpc) is 3.54. The van der Waals surface area contributed by atoms with Crippen LogP contribution < -0.4 is 0 Å². The molecule has 3 aromatic heterocycles. The molecule has 8 rings (SSSR count). The third-order valence-corrected chi connectivity index (χ3v) is 7.82. The maximum absolute atomic E-state index is 10.4. The number of pyridine rings is 1. The number of benzene rings is 5. The van der Waals surface area contributed by atoms with Gasteiger partial charge in [0, 0.05) is 39.0 Å². The molecule has 0 saturated carbocycles. The van der Waals surface area contributed by atoms with E-state index in [-0.39, 0.29) is 0 Å². The van der Waals surface area contributed by atoms with Gasteiger partial charge in [-0.25, -0.2) is 0 Å². The Hall–Kier alpha value is -5.66. The second-order valence-corrected chi connectivity index (χ2v) is 9.95. The summed E-state index contributed by atoms with van der Waals surface area (Å²) in [5, 5.41) is 15.2. The summed E-state index contributed by atoms with van der Waals surface area (Å²) in [6, 6.07) is 46.3. The van der Waals surface area contributed by atoms with E-state index >= 15 is 0 Å². The smallest absolute Gasteiger partial charge is 0.0999 e. The molecule has 0 radical (unpaired) electrons. The molecule has 0 aliphatic carbocycles. The fraction of sp³-hybridized carbons (Fsp3) is 0. The summed E-state index contributed by atoms with van der Waals surface area (Å²) in [4.78, 5) is 4.84. The minimum Gasteiger partial charge on any atom is -0.309 e. The quantitative estimate of drug-likeness (QED) is 0.238. The fourth-order valence-corrected chi connectivity index (χ4v) is 6.14. The highest BCUT2D eigenvalue weighted by atomic mass is 15.0. The van der Waals surface area contributed by atoms with Crippen LogP contribution in [0.4, 0.5) is 0 Å². The van der Waals surface area contributed by atoms with Crippen molar-refractivity contribution >= 4 is 43.6 Å². The number of rotatable bonds is 3. The van der Waals surface area contributed by atoms with Gasteiger partial charge in [0.1, 0.15) is 0 Å². The summed E-state index contributed by atoms with van der Waals surface area (Å²) < 4.78 is 4.50. The highest BCUT2D eigenvalue weighted by Gasteiger charge is 2.19. The maximum atomic E-state index is 10.4. The van der Waals surface area contributed by atoms with Crippen LogP contribution in [0.2, 0.25) is 0 Å². The highest BCUT2D eigenvalue weighted by Crippen LogP contribution is 2.37. The first kappa shape index (κ1) is 22.3. The van der Waals surface area contributed by atoms with Crippen LogP contribution in [0, 0.1) is 11.3 Å². The van der Waals surface area contributed by atoms with E-state index in [1.165, 1.54) is 21.5 Å². The zero-order valence-electron chi connectivity index (χ0n) is 21.5. The minimum absolute atomic E-state index is 0.583. The van der Waals surface area contributed by atoms with Crippen molar-refractivity contribution in [3.8, 4) is 28.7 Å². The molecule has 5 aromatic carbocycles. The van der Waals surface area contributed by atoms with Crippen molar-refractivity contribution in [2.45, 2.75) is 0 Å². The Bertz CT molecular complexity index is 2190. The summed E-state index contributed by atoms with van der Waals surface area (Å²) in [6.45, 7) is 0. The summed E-state index contributed by atoms with van der Waals surface area (Å²) in [5.41, 5.74) is 8.52. The first-order chi connectivity index (χ1) is 19.8. The van der Waals surface area contributed by atoms with Crippen LogP contribution in [-0.4, -0.2) is 14.1 Å². The molecule has 4 nitrogen and oxygen atoms in total. The van der Waals surface area contributed by atoms with Crippen molar-refractivity contribution in [1.82, 2.24) is 14.1 Å². The Morgan fingerprint density at radius 3 is 1.55 bits per heavy atom. The lowest BCUT2D eigenvalue weighted by molar-refractivity contribution is 1.14. The van der Waals surface area contributed by atoms with E-state index in [1.807, 2.05) is 18.2 Å². The molecule has 0 saturated heterocycles. The minimum atomic E-state index is 0.583. The summed E-state index contributed by atoms with van der Waals surface area (Å²) in [7, 11) is 0. The van der Waals surface area contributed by atoms with Crippen molar-refractivity contribution in [3.63, 3.8) is 0 Å². The van der Waals surface area contributed by atoms with Crippen molar-refractivity contribution in [1.29, 1.82) is 5.26 Å². The predicted octanol–water partition coefficient (Wildman–Crippen LogP) is 8.81. The molecule has 40 heavy (non-hydrogen) atoms. The summed E-state index contributed by atoms with van der Waals surface area (Å²) >= 11 is 0. The molecule has 0 aliphatic heterocycles. The highest BCUT2D eigenvalue weighted by molar-refractivity contribution is 6.10. The third-order valence-electron chi connectivity index (χ3n) is 7.82. The van der Waals surface area contributed by atoms with E-state index < -0.39 is 0 Å². The maximum Gasteiger partial charge on any atom is 0.0999 e. The number of aromatic nitrogens is 3. The lowest BCUT2D eigenvalue weighted by Gasteiger charge is -2.15. The zero-order valence-corrected chi connectivity index (χ0v) is 21.5. The third kappa shape index (κ3) is 3.15. The summed E-state index contributed by atoms with van der Waals surface area (Å²) in [6.07, 6.45) is 1.80. The summed E-state index contributed by atoms with van der Waals surface area (Å²) in [5.74, 6) is 0. The van der Waals surface area contributed by atoms with Crippen molar-refractivity contribution in [2.75, 3.05) is 0 Å². The zero-order chi connectivity index (χ0) is 26.6. The molecular weight excluding hydrogens is 488 g/mol. The number of para-hydroxylation sites is 4. The van der Waals surface area contributed by atoms with Crippen LogP contribution in [0.3, 0.4) is 0 Å². The van der Waals surface area contributed by atoms with Gasteiger partial charge in [-0.3, -0.25) is 4.98 Å². The fourth-order valence-electron chi connectivity index (χ4n) is 6.14. The van der Waals surface area contributed by atoms with Crippen molar-refractivity contribution in [3.05, 3.63) is 139 Å². The monoisotopic (exact) mass is 510 g/mol. The van der Waals surface area contributed by atoms with Gasteiger partial charge in [-0.05, 0) is 54.6 Å². The number of nitriles is 1. The number of fused-ring (bicyclic) bond motifs is 6. The Labute approximate surface area is 230 Å². The second kappa shape index (κ2) is 8.69. The van der Waals surface area contributed by atoms with E-state index in [0.29, 0.717) is 5.56 Å². The topological polar surface area (TPSA) is 46.5 Å². The van der Waals surface area contributed by atoms with Crippen molar-refractivity contribution in [2.24, 2.45) is 0 Å². The lowest BCUT2D eigenvalue weighted by Crippen LogP contribution is -2.01. The van der Waals surface area contributed by atoms with E-state index in [0.717, 1.165) is 44.7 Å². The molecule has 0 atom stereocenters. The normalized spacial score (nSPS) is 11.5. The first-order valence-electron chi connectivity index (χ1n) is 13.3. The molecule has 0 fully saturated rings. The predicted molar refractivity (Wildman–Crippen MR) is 163 cm³/mol. The van der Waals surface area contributed by atoms with Crippen LogP contribution in [0.1, 0.15) is 5.56 Å². The molecule has 4 heteroatoms. The van der Waals surface area contributed by atoms with Crippen molar-refractivity contribution < 1.29 is 0 Å². The first-order valence-corrected chi connectivity index (χ1v) is 13.3. The van der Waals surface area contributed by atoms with E-state index in [2.05, 4.69) is 124 Å². The van der Waals surface area contributed by atoms with E-state index in [9.17, 15) is 5.26 Å². The number of hydrogen-bond acceptors (Lipinski definition) is 2. The Morgan fingerprint density at radius 2 is 1.02 bits per heavy atom. The molecule has 0 amide bonds. The van der Waals surface area contributed by atoms with E-state index in [4.69, 9.17) is 4.98 Å². The Morgan fingerprint density at radius 1 is 0.525 bits per heavy atom. The van der Waals surface area contributed by atoms with Crippen LogP contribution in [0.5, 0.6) is 0 Å². The molecule has 0 aliphatic rings. The van der Waals surface area contributed by atoms with Gasteiger partial charge < -0.3 is 9.13 Å². The molecule has 0 N–H and O–H groups in total. The van der Waals surface area contributed by atoms with E-state index in [1.54, 1.807) is 6.20 Å². The van der Waals surface area contributed by atoms with Crippen LogP contribution in [0.25, 0.3) is 66.2 Å². The lowest BCUT2D eigenvalue weighted by atomic mass is 10.0. The Balaban J connectivity index is 1.37. The second-order valence-electron chi connectivity index (χ2n) is 9.95. The van der Waals surface area contributed by atoms with Gasteiger partial charge in [0.25, 0.3) is 0 Å². The molecule has 3 heterocycles. The molecule has 0 bridgehead atoms. The van der Waals surface area contributed by atoms with Gasteiger partial charge in [0.05, 0.1) is 45.1 Å². The number of hydrogen-bond donors (Lipinski definition) is 0. The number of nitrogens with zero attached hydrogens (tertiary/aromatic N) is 4. The van der Waals surface area contributed by atoms with Crippen LogP contribution in [-0.2, 0) is 0 Å². The SMILES string of the molecule is N#Cc1cc(-n2c3ccccc3c3ccccc32)ccc1-c1ncccc1-n1c2ccccc2c2ccccc21. The molecule has 0 spiro atoms. The van der Waals surface area contributed by atoms with Gasteiger partial charge in [-0.1, -0.05) is 72.8 Å². The largest absolute Gasteiger partial charge is 0.309 e. The van der Waals surface area contributed by atoms with Crippen LogP contribution in [0.15, 0.2) is 134 Å². The standard InChI is InChI=1S/C36H22N4/c37-23-24-22-25(39-31-14-5-1-10-27(31)28-11-2-6-15-32(28)39)19-20-26(24)36-35(18-9-21-38-36)40-33-16-7-3-12-29(33)30-13-4-8-17-34(30)40/h1-22H. The molecule has 0 unspecified atom stereocenters. The van der Waals surface area contributed by atoms with Gasteiger partial charge in [0.15, 0.2) is 0 Å². The Kier molecular flexibility index (Phi) is 4.85. The van der Waals surface area contributed by atoms with Gasteiger partial charge in [-0.2, -0.15) is 5.26 Å². The van der Waals surface area contributed by atoms with Gasteiger partial charge >= 0.3 is 0 Å². The molecular formula is C36H22N4. The van der Waals surface area contributed by atoms with Gasteiger partial charge in [-0.15, -0.1) is 0 Å². The van der Waals surface area contributed by atoms with Crippen LogP contribution >= 0.6 is 0 Å². The molecule has 186 valence electrons. The molecule has 8 aromatic rings.